The van der Waals surface area contributed by atoms with E-state index in [1.807, 2.05) is 13.0 Å². The van der Waals surface area contributed by atoms with Gasteiger partial charge in [0.15, 0.2) is 0 Å². The second kappa shape index (κ2) is 8.12. The van der Waals surface area contributed by atoms with Crippen LogP contribution in [-0.2, 0) is 5.41 Å². The van der Waals surface area contributed by atoms with Crippen LogP contribution in [0.5, 0.6) is 0 Å². The molecule has 4 rings (SSSR count). The zero-order valence-corrected chi connectivity index (χ0v) is 19.3. The van der Waals surface area contributed by atoms with Crippen LogP contribution in [0.2, 0.25) is 0 Å². The smallest absolute Gasteiger partial charge is 0.0465 e. The summed E-state index contributed by atoms with van der Waals surface area (Å²) in [7, 11) is 0. The highest BCUT2D eigenvalue weighted by molar-refractivity contribution is 9.10. The van der Waals surface area contributed by atoms with Crippen molar-refractivity contribution < 1.29 is 0 Å². The van der Waals surface area contributed by atoms with Gasteiger partial charge in [-0.05, 0) is 77.7 Å². The molecule has 0 saturated carbocycles. The second-order valence-electron chi connectivity index (χ2n) is 8.04. The van der Waals surface area contributed by atoms with Crippen LogP contribution in [0, 0.1) is 0 Å². The largest absolute Gasteiger partial charge is 0.311 e. The van der Waals surface area contributed by atoms with Gasteiger partial charge < -0.3 is 4.90 Å². The fraction of sp³-hybridized carbons (Fsp3) is 0.143. The Kier molecular flexibility index (Phi) is 5.53. The first-order chi connectivity index (χ1) is 14.5. The van der Waals surface area contributed by atoms with Crippen molar-refractivity contribution in [2.75, 3.05) is 4.90 Å². The minimum atomic E-state index is -0.0598. The number of fused-ring (bicyclic) bond motifs is 3. The van der Waals surface area contributed by atoms with Crippen LogP contribution in [0.15, 0.2) is 108 Å². The van der Waals surface area contributed by atoms with Gasteiger partial charge in [0, 0.05) is 27.0 Å². The molecule has 1 nitrogen and oxygen atoms in total. The molecule has 3 aromatic carbocycles. The average molecular weight is 456 g/mol. The molecule has 150 valence electrons. The summed E-state index contributed by atoms with van der Waals surface area (Å²) in [4.78, 5) is 2.29. The van der Waals surface area contributed by atoms with Crippen LogP contribution in [-0.4, -0.2) is 0 Å². The predicted molar refractivity (Wildman–Crippen MR) is 133 cm³/mol. The number of halogens is 1. The molecule has 0 atom stereocenters. The zero-order valence-electron chi connectivity index (χ0n) is 17.7. The van der Waals surface area contributed by atoms with Gasteiger partial charge in [-0.25, -0.2) is 0 Å². The van der Waals surface area contributed by atoms with Crippen molar-refractivity contribution >= 4 is 27.3 Å². The number of allylic oxidation sites excluding steroid dienone is 4. The maximum Gasteiger partial charge on any atom is 0.0465 e. The Hall–Kier alpha value is -2.84. The molecule has 0 spiro atoms. The van der Waals surface area contributed by atoms with E-state index >= 15 is 0 Å². The Morgan fingerprint density at radius 1 is 0.900 bits per heavy atom. The number of nitrogens with zero attached hydrogens (tertiary/aromatic N) is 1. The molecule has 0 heterocycles. The summed E-state index contributed by atoms with van der Waals surface area (Å²) in [6.45, 7) is 10.6. The van der Waals surface area contributed by atoms with Crippen molar-refractivity contribution in [3.63, 3.8) is 0 Å². The third kappa shape index (κ3) is 3.46. The van der Waals surface area contributed by atoms with Crippen molar-refractivity contribution in [3.8, 4) is 11.1 Å². The summed E-state index contributed by atoms with van der Waals surface area (Å²) in [5, 5.41) is 0. The molecule has 30 heavy (non-hydrogen) atoms. The lowest BCUT2D eigenvalue weighted by molar-refractivity contribution is 0.660. The predicted octanol–water partition coefficient (Wildman–Crippen LogP) is 8.54. The monoisotopic (exact) mass is 455 g/mol. The number of hydrogen-bond donors (Lipinski definition) is 0. The maximum atomic E-state index is 3.93. The molecule has 0 bridgehead atoms. The highest BCUT2D eigenvalue weighted by atomic mass is 79.9. The lowest BCUT2D eigenvalue weighted by Crippen LogP contribution is -2.18. The van der Waals surface area contributed by atoms with E-state index in [9.17, 15) is 0 Å². The SMILES string of the molecule is C=C/C=C(\C=C/C)N(c1ccccc1)c1ccc2c(c1)C(C)(C)c1cc(Br)ccc1-2. The lowest BCUT2D eigenvalue weighted by Gasteiger charge is -2.28. The first-order valence-electron chi connectivity index (χ1n) is 10.2. The van der Waals surface area contributed by atoms with Gasteiger partial charge in [0.1, 0.15) is 0 Å². The van der Waals surface area contributed by atoms with Crippen molar-refractivity contribution in [2.24, 2.45) is 0 Å². The molecule has 0 aromatic heterocycles. The van der Waals surface area contributed by atoms with Gasteiger partial charge in [0.25, 0.3) is 0 Å². The molecule has 3 aromatic rings. The zero-order chi connectivity index (χ0) is 21.3. The van der Waals surface area contributed by atoms with Crippen molar-refractivity contribution in [2.45, 2.75) is 26.2 Å². The van der Waals surface area contributed by atoms with Gasteiger partial charge in [-0.2, -0.15) is 0 Å². The van der Waals surface area contributed by atoms with E-state index in [4.69, 9.17) is 0 Å². The molecule has 0 N–H and O–H groups in total. The lowest BCUT2D eigenvalue weighted by atomic mass is 9.82. The summed E-state index contributed by atoms with van der Waals surface area (Å²) >= 11 is 3.65. The van der Waals surface area contributed by atoms with E-state index in [-0.39, 0.29) is 5.41 Å². The van der Waals surface area contributed by atoms with Crippen LogP contribution in [0.4, 0.5) is 11.4 Å². The highest BCUT2D eigenvalue weighted by Crippen LogP contribution is 2.50. The molecule has 1 aliphatic rings. The third-order valence-electron chi connectivity index (χ3n) is 5.78. The number of rotatable bonds is 5. The normalized spacial score (nSPS) is 14.5. The molecule has 0 radical (unpaired) electrons. The van der Waals surface area contributed by atoms with Crippen molar-refractivity contribution in [1.29, 1.82) is 0 Å². The highest BCUT2D eigenvalue weighted by Gasteiger charge is 2.36. The molecule has 2 heteroatoms. The Balaban J connectivity index is 1.91. The van der Waals surface area contributed by atoms with E-state index in [1.54, 1.807) is 0 Å². The van der Waals surface area contributed by atoms with Gasteiger partial charge in [-0.15, -0.1) is 0 Å². The summed E-state index contributed by atoms with van der Waals surface area (Å²) in [5.74, 6) is 0. The molecule has 0 saturated heterocycles. The maximum absolute atomic E-state index is 3.93. The standard InChI is InChI=1S/C28H26BrN/c1-5-10-21(11-6-2)30(22-12-8-7-9-13-22)23-15-17-25-24-16-14-20(29)18-26(24)28(3,4)27(25)19-23/h5-19H,1H2,2-4H3/b11-6-,21-10+. The molecular weight excluding hydrogens is 430 g/mol. The van der Waals surface area contributed by atoms with Crippen molar-refractivity contribution in [3.05, 3.63) is 119 Å². The number of para-hydroxylation sites is 1. The first kappa shape index (κ1) is 20.4. The van der Waals surface area contributed by atoms with E-state index in [0.29, 0.717) is 0 Å². The fourth-order valence-corrected chi connectivity index (χ4v) is 4.72. The van der Waals surface area contributed by atoms with E-state index < -0.39 is 0 Å². The third-order valence-corrected chi connectivity index (χ3v) is 6.27. The summed E-state index contributed by atoms with van der Waals surface area (Å²) in [5.41, 5.74) is 8.65. The van der Waals surface area contributed by atoms with Crippen LogP contribution >= 0.6 is 15.9 Å². The van der Waals surface area contributed by atoms with Gasteiger partial charge in [-0.3, -0.25) is 0 Å². The average Bonchev–Trinajstić information content (AvgIpc) is 2.96. The summed E-state index contributed by atoms with van der Waals surface area (Å²) in [6, 6.07) is 23.9. The Bertz CT molecular complexity index is 1150. The molecule has 0 unspecified atom stereocenters. The summed E-state index contributed by atoms with van der Waals surface area (Å²) < 4.78 is 1.12. The minimum Gasteiger partial charge on any atom is -0.311 e. The van der Waals surface area contributed by atoms with Crippen LogP contribution in [0.3, 0.4) is 0 Å². The minimum absolute atomic E-state index is 0.0598. The molecule has 0 amide bonds. The van der Waals surface area contributed by atoms with E-state index in [2.05, 4.69) is 126 Å². The molecule has 0 fully saturated rings. The Morgan fingerprint density at radius 3 is 2.23 bits per heavy atom. The van der Waals surface area contributed by atoms with Gasteiger partial charge >= 0.3 is 0 Å². The van der Waals surface area contributed by atoms with Crippen LogP contribution < -0.4 is 4.90 Å². The first-order valence-corrected chi connectivity index (χ1v) is 11.0. The van der Waals surface area contributed by atoms with Crippen LogP contribution in [0.1, 0.15) is 31.9 Å². The topological polar surface area (TPSA) is 3.24 Å². The number of hydrogen-bond acceptors (Lipinski definition) is 1. The molecular formula is C28H26BrN. The number of anilines is 2. The van der Waals surface area contributed by atoms with Crippen LogP contribution in [0.25, 0.3) is 11.1 Å². The Labute approximate surface area is 188 Å². The molecule has 1 aliphatic carbocycles. The van der Waals surface area contributed by atoms with Gasteiger partial charge in [0.05, 0.1) is 0 Å². The van der Waals surface area contributed by atoms with Crippen molar-refractivity contribution in [1.82, 2.24) is 0 Å². The van der Waals surface area contributed by atoms with Gasteiger partial charge in [0.2, 0.25) is 0 Å². The van der Waals surface area contributed by atoms with E-state index in [1.165, 1.54) is 22.3 Å². The van der Waals surface area contributed by atoms with E-state index in [0.717, 1.165) is 21.5 Å². The quantitative estimate of drug-likeness (QED) is 0.348. The number of benzene rings is 3. The Morgan fingerprint density at radius 2 is 1.57 bits per heavy atom. The fourth-order valence-electron chi connectivity index (χ4n) is 4.36. The molecule has 0 aliphatic heterocycles. The second-order valence-corrected chi connectivity index (χ2v) is 8.96. The van der Waals surface area contributed by atoms with Gasteiger partial charge in [-0.1, -0.05) is 78.8 Å². The summed E-state index contributed by atoms with van der Waals surface area (Å²) in [6.07, 6.45) is 8.09.